The minimum Gasteiger partial charge on any atom is -0.481 e. The quantitative estimate of drug-likeness (QED) is 0.785. The first-order chi connectivity index (χ1) is 8.97. The summed E-state index contributed by atoms with van der Waals surface area (Å²) >= 11 is 0. The fraction of sp³-hybridized carbons (Fsp3) is 0.500. The second-order valence-electron chi connectivity index (χ2n) is 4.70. The lowest BCUT2D eigenvalue weighted by molar-refractivity contribution is -0.141. The van der Waals surface area contributed by atoms with Crippen LogP contribution in [0.15, 0.2) is 16.9 Å². The molecule has 0 bridgehead atoms. The minimum atomic E-state index is -0.822. The van der Waals surface area contributed by atoms with Gasteiger partial charge in [-0.15, -0.1) is 0 Å². The number of nitrogens with one attached hydrogen (secondary N) is 1. The fourth-order valence-electron chi connectivity index (χ4n) is 2.22. The molecule has 2 atom stereocenters. The SMILES string of the molecule is Cn1nc(C(=O)NC2CCC(C(=O)O)C2)ccc1=O. The maximum atomic E-state index is 11.9. The van der Waals surface area contributed by atoms with Crippen LogP contribution < -0.4 is 10.9 Å². The molecule has 102 valence electrons. The van der Waals surface area contributed by atoms with Gasteiger partial charge in [0.2, 0.25) is 0 Å². The molecule has 0 radical (unpaired) electrons. The molecule has 1 amide bonds. The maximum absolute atomic E-state index is 11.9. The number of carbonyl (C=O) groups excluding carboxylic acids is 1. The molecular weight excluding hydrogens is 250 g/mol. The van der Waals surface area contributed by atoms with E-state index in [2.05, 4.69) is 10.4 Å². The lowest BCUT2D eigenvalue weighted by atomic mass is 10.1. The van der Waals surface area contributed by atoms with Gasteiger partial charge >= 0.3 is 5.97 Å². The topological polar surface area (TPSA) is 101 Å². The number of carboxylic acid groups (broad SMARTS) is 1. The summed E-state index contributed by atoms with van der Waals surface area (Å²) in [6, 6.07) is 2.49. The highest BCUT2D eigenvalue weighted by Gasteiger charge is 2.30. The predicted octanol–water partition coefficient (Wildman–Crippen LogP) is -0.237. The van der Waals surface area contributed by atoms with Gasteiger partial charge in [0.15, 0.2) is 0 Å². The van der Waals surface area contributed by atoms with Gasteiger partial charge in [0, 0.05) is 19.2 Å². The van der Waals surface area contributed by atoms with E-state index in [9.17, 15) is 14.4 Å². The molecule has 0 aromatic carbocycles. The summed E-state index contributed by atoms with van der Waals surface area (Å²) in [5.74, 6) is -1.60. The molecule has 0 saturated heterocycles. The van der Waals surface area contributed by atoms with Crippen LogP contribution in [0.2, 0.25) is 0 Å². The molecule has 7 nitrogen and oxygen atoms in total. The van der Waals surface area contributed by atoms with Gasteiger partial charge in [-0.25, -0.2) is 4.68 Å². The first-order valence-electron chi connectivity index (χ1n) is 6.05. The molecule has 1 fully saturated rings. The van der Waals surface area contributed by atoms with Crippen molar-refractivity contribution in [3.63, 3.8) is 0 Å². The van der Waals surface area contributed by atoms with E-state index >= 15 is 0 Å². The Morgan fingerprint density at radius 2 is 2.16 bits per heavy atom. The summed E-state index contributed by atoms with van der Waals surface area (Å²) in [5.41, 5.74) is -0.135. The number of hydrogen-bond donors (Lipinski definition) is 2. The molecule has 1 heterocycles. The van der Waals surface area contributed by atoms with Crippen molar-refractivity contribution in [3.8, 4) is 0 Å². The van der Waals surface area contributed by atoms with Gasteiger partial charge in [0.1, 0.15) is 5.69 Å². The smallest absolute Gasteiger partial charge is 0.306 e. The molecule has 1 aromatic rings. The Hall–Kier alpha value is -2.18. The molecule has 1 aliphatic carbocycles. The summed E-state index contributed by atoms with van der Waals surface area (Å²) in [7, 11) is 1.47. The van der Waals surface area contributed by atoms with Gasteiger partial charge in [-0.2, -0.15) is 5.10 Å². The maximum Gasteiger partial charge on any atom is 0.306 e. The Bertz CT molecular complexity index is 566. The Morgan fingerprint density at radius 3 is 2.74 bits per heavy atom. The third-order valence-electron chi connectivity index (χ3n) is 3.31. The van der Waals surface area contributed by atoms with E-state index in [1.165, 1.54) is 19.2 Å². The molecule has 1 aromatic heterocycles. The molecule has 2 rings (SSSR count). The van der Waals surface area contributed by atoms with Crippen LogP contribution in [0.5, 0.6) is 0 Å². The molecule has 7 heteroatoms. The molecular formula is C12H15N3O4. The third-order valence-corrected chi connectivity index (χ3v) is 3.31. The Labute approximate surface area is 109 Å². The third kappa shape index (κ3) is 2.98. The molecule has 2 unspecified atom stereocenters. The number of aryl methyl sites for hydroxylation is 1. The average Bonchev–Trinajstić information content (AvgIpc) is 2.81. The zero-order chi connectivity index (χ0) is 14.0. The normalized spacial score (nSPS) is 22.2. The number of nitrogens with zero attached hydrogens (tertiary/aromatic N) is 2. The number of aromatic nitrogens is 2. The molecule has 2 N–H and O–H groups in total. The van der Waals surface area contributed by atoms with E-state index in [4.69, 9.17) is 5.11 Å². The molecule has 0 spiro atoms. The van der Waals surface area contributed by atoms with E-state index in [-0.39, 0.29) is 23.2 Å². The van der Waals surface area contributed by atoms with Crippen LogP contribution >= 0.6 is 0 Å². The first-order valence-corrected chi connectivity index (χ1v) is 6.05. The summed E-state index contributed by atoms with van der Waals surface area (Å²) < 4.78 is 1.09. The number of rotatable bonds is 3. The molecule has 1 aliphatic rings. The van der Waals surface area contributed by atoms with Crippen molar-refractivity contribution in [2.75, 3.05) is 0 Å². The van der Waals surface area contributed by atoms with Crippen LogP contribution in [-0.4, -0.2) is 32.8 Å². The van der Waals surface area contributed by atoms with E-state index < -0.39 is 11.9 Å². The van der Waals surface area contributed by atoms with Gasteiger partial charge in [-0.3, -0.25) is 14.4 Å². The number of carboxylic acids is 1. The van der Waals surface area contributed by atoms with E-state index in [1.807, 2.05) is 0 Å². The summed E-state index contributed by atoms with van der Waals surface area (Å²) in [6.45, 7) is 0. The molecule has 19 heavy (non-hydrogen) atoms. The van der Waals surface area contributed by atoms with Gasteiger partial charge < -0.3 is 10.4 Å². The predicted molar refractivity (Wildman–Crippen MR) is 65.7 cm³/mol. The van der Waals surface area contributed by atoms with Crippen LogP contribution in [0.3, 0.4) is 0 Å². The largest absolute Gasteiger partial charge is 0.481 e. The summed E-state index contributed by atoms with van der Waals surface area (Å²) in [4.78, 5) is 33.9. The lowest BCUT2D eigenvalue weighted by Gasteiger charge is -2.12. The van der Waals surface area contributed by atoms with Crippen molar-refractivity contribution < 1.29 is 14.7 Å². The number of hydrogen-bond acceptors (Lipinski definition) is 4. The number of carbonyl (C=O) groups is 2. The van der Waals surface area contributed by atoms with E-state index in [0.717, 1.165) is 4.68 Å². The van der Waals surface area contributed by atoms with E-state index in [0.29, 0.717) is 19.3 Å². The van der Waals surface area contributed by atoms with Crippen LogP contribution in [0, 0.1) is 5.92 Å². The van der Waals surface area contributed by atoms with Gasteiger partial charge in [0.25, 0.3) is 11.5 Å². The number of aliphatic carboxylic acids is 1. The van der Waals surface area contributed by atoms with Crippen LogP contribution in [-0.2, 0) is 11.8 Å². The van der Waals surface area contributed by atoms with Gasteiger partial charge in [-0.1, -0.05) is 0 Å². The van der Waals surface area contributed by atoms with Crippen LogP contribution in [0.4, 0.5) is 0 Å². The van der Waals surface area contributed by atoms with Crippen molar-refractivity contribution in [1.29, 1.82) is 0 Å². The monoisotopic (exact) mass is 265 g/mol. The fourth-order valence-corrected chi connectivity index (χ4v) is 2.22. The zero-order valence-corrected chi connectivity index (χ0v) is 10.5. The second-order valence-corrected chi connectivity index (χ2v) is 4.70. The van der Waals surface area contributed by atoms with Crippen molar-refractivity contribution in [2.24, 2.45) is 13.0 Å². The highest BCUT2D eigenvalue weighted by molar-refractivity contribution is 5.92. The van der Waals surface area contributed by atoms with Crippen molar-refractivity contribution in [1.82, 2.24) is 15.1 Å². The van der Waals surface area contributed by atoms with Gasteiger partial charge in [-0.05, 0) is 25.3 Å². The van der Waals surface area contributed by atoms with Crippen LogP contribution in [0.1, 0.15) is 29.8 Å². The Morgan fingerprint density at radius 1 is 1.42 bits per heavy atom. The molecule has 1 saturated carbocycles. The highest BCUT2D eigenvalue weighted by atomic mass is 16.4. The Balaban J connectivity index is 2.00. The standard InChI is InChI=1S/C12H15N3O4/c1-15-10(16)5-4-9(14-15)11(17)13-8-3-2-7(6-8)12(18)19/h4-5,7-8H,2-3,6H2,1H3,(H,13,17)(H,18,19). The summed E-state index contributed by atoms with van der Waals surface area (Å²) in [5, 5.41) is 15.5. The minimum absolute atomic E-state index is 0.146. The molecule has 0 aliphatic heterocycles. The average molecular weight is 265 g/mol. The van der Waals surface area contributed by atoms with Gasteiger partial charge in [0.05, 0.1) is 5.92 Å². The second kappa shape index (κ2) is 5.21. The first kappa shape index (κ1) is 13.3. The number of amides is 1. The highest BCUT2D eigenvalue weighted by Crippen LogP contribution is 2.25. The Kier molecular flexibility index (Phi) is 3.64. The van der Waals surface area contributed by atoms with Crippen molar-refractivity contribution >= 4 is 11.9 Å². The zero-order valence-electron chi connectivity index (χ0n) is 10.5. The van der Waals surface area contributed by atoms with Crippen LogP contribution in [0.25, 0.3) is 0 Å². The van der Waals surface area contributed by atoms with E-state index in [1.54, 1.807) is 0 Å². The van der Waals surface area contributed by atoms with Crippen molar-refractivity contribution in [3.05, 3.63) is 28.2 Å². The lowest BCUT2D eigenvalue weighted by Crippen LogP contribution is -2.35. The van der Waals surface area contributed by atoms with Crippen molar-refractivity contribution in [2.45, 2.75) is 25.3 Å². The summed E-state index contributed by atoms with van der Waals surface area (Å²) in [6.07, 6.45) is 1.66.